The monoisotopic (exact) mass is 238 g/mol. The largest absolute Gasteiger partial charge is 0.369 e. The fourth-order valence-corrected chi connectivity index (χ4v) is 1.81. The minimum Gasteiger partial charge on any atom is -0.369 e. The first kappa shape index (κ1) is 10.5. The molecule has 0 unspecified atom stereocenters. The number of nitrogen functional groups attached to an aromatic ring is 1. The standard InChI is InChI=1S/C13H10N4O/c14-13-16-10-7-6-9(8-4-2-1-3-5-8)15-11(10)12(18)17-13/h1-7H,(H3,14,16,17,18). The van der Waals surface area contributed by atoms with E-state index in [-0.39, 0.29) is 11.5 Å². The van der Waals surface area contributed by atoms with E-state index >= 15 is 0 Å². The second-order valence-electron chi connectivity index (χ2n) is 3.88. The number of nitrogens with zero attached hydrogens (tertiary/aromatic N) is 2. The van der Waals surface area contributed by atoms with Gasteiger partial charge in [-0.2, -0.15) is 0 Å². The third kappa shape index (κ3) is 1.71. The molecule has 0 fully saturated rings. The summed E-state index contributed by atoms with van der Waals surface area (Å²) in [6.07, 6.45) is 0. The number of fused-ring (bicyclic) bond motifs is 1. The molecule has 0 aliphatic heterocycles. The van der Waals surface area contributed by atoms with E-state index in [9.17, 15) is 4.79 Å². The fourth-order valence-electron chi connectivity index (χ4n) is 1.81. The Morgan fingerprint density at radius 2 is 1.78 bits per heavy atom. The molecule has 0 saturated carbocycles. The molecule has 0 atom stereocenters. The summed E-state index contributed by atoms with van der Waals surface area (Å²) >= 11 is 0. The van der Waals surface area contributed by atoms with Crippen molar-refractivity contribution in [1.82, 2.24) is 15.0 Å². The first-order valence-corrected chi connectivity index (χ1v) is 5.46. The first-order valence-electron chi connectivity index (χ1n) is 5.46. The molecule has 2 aromatic heterocycles. The van der Waals surface area contributed by atoms with Gasteiger partial charge in [0.1, 0.15) is 0 Å². The van der Waals surface area contributed by atoms with Crippen molar-refractivity contribution in [3.05, 3.63) is 52.8 Å². The van der Waals surface area contributed by atoms with Gasteiger partial charge in [-0.05, 0) is 12.1 Å². The maximum absolute atomic E-state index is 11.7. The van der Waals surface area contributed by atoms with E-state index in [2.05, 4.69) is 15.0 Å². The number of rotatable bonds is 1. The summed E-state index contributed by atoms with van der Waals surface area (Å²) in [7, 11) is 0. The molecular formula is C13H10N4O. The number of aromatic amines is 1. The number of nitrogens with one attached hydrogen (secondary N) is 1. The Labute approximate surface area is 102 Å². The molecule has 5 heteroatoms. The summed E-state index contributed by atoms with van der Waals surface area (Å²) in [5.74, 6) is 0.0989. The first-order chi connectivity index (χ1) is 8.74. The number of hydrogen-bond donors (Lipinski definition) is 2. The highest BCUT2D eigenvalue weighted by Crippen LogP contribution is 2.18. The quantitative estimate of drug-likeness (QED) is 0.673. The lowest BCUT2D eigenvalue weighted by atomic mass is 10.1. The lowest BCUT2D eigenvalue weighted by Crippen LogP contribution is -2.12. The van der Waals surface area contributed by atoms with Crippen molar-refractivity contribution in [1.29, 1.82) is 0 Å². The number of anilines is 1. The van der Waals surface area contributed by atoms with Crippen molar-refractivity contribution in [3.8, 4) is 11.3 Å². The minimum atomic E-state index is -0.324. The van der Waals surface area contributed by atoms with E-state index < -0.39 is 0 Å². The maximum Gasteiger partial charge on any atom is 0.278 e. The van der Waals surface area contributed by atoms with Gasteiger partial charge in [0.05, 0.1) is 11.2 Å². The van der Waals surface area contributed by atoms with Gasteiger partial charge >= 0.3 is 0 Å². The number of H-pyrrole nitrogens is 1. The molecule has 88 valence electrons. The van der Waals surface area contributed by atoms with E-state index in [4.69, 9.17) is 5.73 Å². The van der Waals surface area contributed by atoms with Gasteiger partial charge in [0.25, 0.3) is 5.56 Å². The van der Waals surface area contributed by atoms with Crippen LogP contribution < -0.4 is 11.3 Å². The van der Waals surface area contributed by atoms with Crippen molar-refractivity contribution < 1.29 is 0 Å². The second kappa shape index (κ2) is 3.96. The van der Waals surface area contributed by atoms with Crippen LogP contribution in [-0.4, -0.2) is 15.0 Å². The van der Waals surface area contributed by atoms with Gasteiger partial charge in [-0.1, -0.05) is 30.3 Å². The SMILES string of the molecule is Nc1nc2ccc(-c3ccccc3)nc2c(=O)[nH]1. The maximum atomic E-state index is 11.7. The van der Waals surface area contributed by atoms with Crippen LogP contribution in [-0.2, 0) is 0 Å². The Bertz CT molecular complexity index is 765. The normalized spacial score (nSPS) is 10.7. The predicted molar refractivity (Wildman–Crippen MR) is 70.0 cm³/mol. The highest BCUT2D eigenvalue weighted by Gasteiger charge is 2.06. The molecule has 1 aromatic carbocycles. The Morgan fingerprint density at radius 1 is 1.00 bits per heavy atom. The molecule has 3 N–H and O–H groups in total. The molecule has 3 rings (SSSR count). The van der Waals surface area contributed by atoms with Crippen LogP contribution in [0, 0.1) is 0 Å². The number of pyridine rings is 1. The van der Waals surface area contributed by atoms with E-state index in [0.717, 1.165) is 11.3 Å². The van der Waals surface area contributed by atoms with Gasteiger partial charge in [-0.25, -0.2) is 9.97 Å². The van der Waals surface area contributed by atoms with Crippen molar-refractivity contribution in [2.75, 3.05) is 5.73 Å². The van der Waals surface area contributed by atoms with E-state index in [1.165, 1.54) is 0 Å². The minimum absolute atomic E-state index is 0.0989. The third-order valence-electron chi connectivity index (χ3n) is 2.64. The lowest BCUT2D eigenvalue weighted by Gasteiger charge is -2.02. The Kier molecular flexibility index (Phi) is 2.30. The zero-order chi connectivity index (χ0) is 12.5. The summed E-state index contributed by atoms with van der Waals surface area (Å²) in [6, 6.07) is 13.2. The van der Waals surface area contributed by atoms with Crippen LogP contribution in [0.25, 0.3) is 22.3 Å². The summed E-state index contributed by atoms with van der Waals surface area (Å²) in [4.78, 5) is 22.5. The third-order valence-corrected chi connectivity index (χ3v) is 2.64. The second-order valence-corrected chi connectivity index (χ2v) is 3.88. The van der Waals surface area contributed by atoms with Gasteiger partial charge < -0.3 is 5.73 Å². The van der Waals surface area contributed by atoms with Crippen molar-refractivity contribution in [2.24, 2.45) is 0 Å². The summed E-state index contributed by atoms with van der Waals surface area (Å²) in [5.41, 5.74) is 7.64. The number of hydrogen-bond acceptors (Lipinski definition) is 4. The van der Waals surface area contributed by atoms with E-state index in [1.54, 1.807) is 6.07 Å². The average molecular weight is 238 g/mol. The average Bonchev–Trinajstić information content (AvgIpc) is 2.39. The number of aromatic nitrogens is 3. The van der Waals surface area contributed by atoms with Gasteiger partial charge in [0.15, 0.2) is 5.52 Å². The summed E-state index contributed by atoms with van der Waals surface area (Å²) < 4.78 is 0. The van der Waals surface area contributed by atoms with Crippen LogP contribution in [0.15, 0.2) is 47.3 Å². The summed E-state index contributed by atoms with van der Waals surface area (Å²) in [5, 5.41) is 0. The molecule has 0 aliphatic rings. The van der Waals surface area contributed by atoms with Crippen LogP contribution in [0.2, 0.25) is 0 Å². The molecule has 0 aliphatic carbocycles. The molecule has 5 nitrogen and oxygen atoms in total. The van der Waals surface area contributed by atoms with Gasteiger partial charge in [0, 0.05) is 5.56 Å². The van der Waals surface area contributed by atoms with Crippen molar-refractivity contribution in [2.45, 2.75) is 0 Å². The molecule has 0 spiro atoms. The van der Waals surface area contributed by atoms with Crippen molar-refractivity contribution >= 4 is 17.0 Å². The van der Waals surface area contributed by atoms with Crippen LogP contribution in [0.3, 0.4) is 0 Å². The topological polar surface area (TPSA) is 84.7 Å². The van der Waals surface area contributed by atoms with Gasteiger partial charge in [-0.15, -0.1) is 0 Å². The van der Waals surface area contributed by atoms with Crippen LogP contribution >= 0.6 is 0 Å². The Balaban J connectivity index is 2.27. The zero-order valence-corrected chi connectivity index (χ0v) is 9.42. The number of benzene rings is 1. The fraction of sp³-hybridized carbons (Fsp3) is 0. The highest BCUT2D eigenvalue weighted by molar-refractivity contribution is 5.77. The molecule has 0 bridgehead atoms. The predicted octanol–water partition coefficient (Wildman–Crippen LogP) is 1.57. The number of nitrogens with two attached hydrogens (primary N) is 1. The van der Waals surface area contributed by atoms with Crippen LogP contribution in [0.1, 0.15) is 0 Å². The Morgan fingerprint density at radius 3 is 2.56 bits per heavy atom. The molecule has 0 radical (unpaired) electrons. The summed E-state index contributed by atoms with van der Waals surface area (Å²) in [6.45, 7) is 0. The zero-order valence-electron chi connectivity index (χ0n) is 9.42. The van der Waals surface area contributed by atoms with E-state index in [1.807, 2.05) is 36.4 Å². The molecule has 18 heavy (non-hydrogen) atoms. The van der Waals surface area contributed by atoms with Crippen LogP contribution in [0.5, 0.6) is 0 Å². The van der Waals surface area contributed by atoms with Gasteiger partial charge in [-0.3, -0.25) is 9.78 Å². The van der Waals surface area contributed by atoms with Crippen molar-refractivity contribution in [3.63, 3.8) is 0 Å². The van der Waals surface area contributed by atoms with E-state index in [0.29, 0.717) is 11.0 Å². The smallest absolute Gasteiger partial charge is 0.278 e. The Hall–Kier alpha value is -2.69. The molecule has 0 saturated heterocycles. The molecule has 3 aromatic rings. The lowest BCUT2D eigenvalue weighted by molar-refractivity contribution is 1.16. The molecule has 2 heterocycles. The van der Waals surface area contributed by atoms with Crippen LogP contribution in [0.4, 0.5) is 5.95 Å². The molecule has 0 amide bonds. The molecular weight excluding hydrogens is 228 g/mol. The van der Waals surface area contributed by atoms with Gasteiger partial charge in [0.2, 0.25) is 5.95 Å². The highest BCUT2D eigenvalue weighted by atomic mass is 16.1.